The molecule has 0 saturated carbocycles. The zero-order chi connectivity index (χ0) is 10.6. The lowest BCUT2D eigenvalue weighted by atomic mass is 10.4. The zero-order valence-corrected chi connectivity index (χ0v) is 11.2. The van der Waals surface area contributed by atoms with E-state index in [1.807, 2.05) is 43.1 Å². The van der Waals surface area contributed by atoms with Gasteiger partial charge in [-0.2, -0.15) is 0 Å². The molecule has 1 unspecified atom stereocenters. The Labute approximate surface area is 102 Å². The van der Waals surface area contributed by atoms with Crippen LogP contribution in [-0.2, 0) is 9.53 Å². The fraction of sp³-hybridized carbons (Fsp3) is 0.700. The van der Waals surface area contributed by atoms with Gasteiger partial charge < -0.3 is 14.5 Å². The molecular formula is C10H19BrN2O2. The Kier molecular flexibility index (Phi) is 6.40. The molecule has 1 aliphatic rings. The van der Waals surface area contributed by atoms with E-state index in [4.69, 9.17) is 4.74 Å². The third-order valence-corrected chi connectivity index (χ3v) is 2.34. The van der Waals surface area contributed by atoms with Crippen LogP contribution >= 0.6 is 17.0 Å². The van der Waals surface area contributed by atoms with E-state index in [2.05, 4.69) is 0 Å². The van der Waals surface area contributed by atoms with Crippen LogP contribution in [0.5, 0.6) is 0 Å². The Morgan fingerprint density at radius 2 is 2.13 bits per heavy atom. The van der Waals surface area contributed by atoms with Crippen molar-refractivity contribution in [3.05, 3.63) is 12.4 Å². The highest BCUT2D eigenvalue weighted by Gasteiger charge is 2.20. The molecule has 0 N–H and O–H groups in total. The average Bonchev–Trinajstić information content (AvgIpc) is 2.46. The summed E-state index contributed by atoms with van der Waals surface area (Å²) in [6.45, 7) is 4.88. The molecule has 1 heterocycles. The Balaban J connectivity index is 0.00000196. The van der Waals surface area contributed by atoms with Crippen molar-refractivity contribution in [1.29, 1.82) is 0 Å². The fourth-order valence-electron chi connectivity index (χ4n) is 1.27. The Morgan fingerprint density at radius 1 is 1.47 bits per heavy atom. The van der Waals surface area contributed by atoms with E-state index in [0.717, 1.165) is 6.42 Å². The summed E-state index contributed by atoms with van der Waals surface area (Å²) in [7, 11) is 1.98. The molecule has 88 valence electrons. The molecule has 0 spiro atoms. The molecule has 0 aromatic heterocycles. The predicted octanol–water partition coefficient (Wildman–Crippen LogP) is 1.58. The Hall–Kier alpha value is -0.710. The zero-order valence-electron chi connectivity index (χ0n) is 9.47. The maximum absolute atomic E-state index is 11.3. The number of carbonyl (C=O) groups excluding carboxylic acids is 1. The van der Waals surface area contributed by atoms with E-state index in [1.54, 1.807) is 0 Å². The quantitative estimate of drug-likeness (QED) is 0.732. The fourth-order valence-corrected chi connectivity index (χ4v) is 1.27. The number of halogens is 1. The van der Waals surface area contributed by atoms with Crippen LogP contribution in [0.1, 0.15) is 20.3 Å². The van der Waals surface area contributed by atoms with Crippen LogP contribution in [0.2, 0.25) is 0 Å². The van der Waals surface area contributed by atoms with Crippen molar-refractivity contribution in [2.45, 2.75) is 26.4 Å². The number of hydrogen-bond donors (Lipinski definition) is 0. The second-order valence-corrected chi connectivity index (χ2v) is 3.49. The van der Waals surface area contributed by atoms with Crippen molar-refractivity contribution in [1.82, 2.24) is 9.80 Å². The number of nitrogens with zero attached hydrogens (tertiary/aromatic N) is 2. The van der Waals surface area contributed by atoms with Crippen LogP contribution in [0.4, 0.5) is 0 Å². The molecule has 0 fully saturated rings. The minimum Gasteiger partial charge on any atom is -0.464 e. The van der Waals surface area contributed by atoms with Gasteiger partial charge >= 0.3 is 5.97 Å². The molecule has 0 aliphatic carbocycles. The molecule has 0 radical (unpaired) electrons. The summed E-state index contributed by atoms with van der Waals surface area (Å²) < 4.78 is 5.00. The molecule has 5 heteroatoms. The highest BCUT2D eigenvalue weighted by Crippen LogP contribution is 2.12. The van der Waals surface area contributed by atoms with Gasteiger partial charge in [0.1, 0.15) is 6.54 Å². The van der Waals surface area contributed by atoms with E-state index in [0.29, 0.717) is 13.2 Å². The first kappa shape index (κ1) is 14.3. The van der Waals surface area contributed by atoms with Crippen LogP contribution in [0.15, 0.2) is 12.4 Å². The smallest absolute Gasteiger partial charge is 0.325 e. The summed E-state index contributed by atoms with van der Waals surface area (Å²) >= 11 is 0. The van der Waals surface area contributed by atoms with Crippen molar-refractivity contribution in [2.24, 2.45) is 0 Å². The molecule has 0 amide bonds. The molecule has 0 aromatic carbocycles. The normalized spacial score (nSPS) is 19.0. The molecule has 0 saturated heterocycles. The summed E-state index contributed by atoms with van der Waals surface area (Å²) in [6.07, 6.45) is 4.98. The maximum Gasteiger partial charge on any atom is 0.325 e. The summed E-state index contributed by atoms with van der Waals surface area (Å²) in [4.78, 5) is 15.3. The largest absolute Gasteiger partial charge is 0.464 e. The molecule has 15 heavy (non-hydrogen) atoms. The van der Waals surface area contributed by atoms with Crippen molar-refractivity contribution in [2.75, 3.05) is 20.2 Å². The SMILES string of the molecule is Br.CCCOC(=O)CN1C=CN(C)C1C. The predicted molar refractivity (Wildman–Crippen MR) is 64.6 cm³/mol. The van der Waals surface area contributed by atoms with Crippen molar-refractivity contribution >= 4 is 23.0 Å². The number of hydrogen-bond acceptors (Lipinski definition) is 4. The van der Waals surface area contributed by atoms with Gasteiger partial charge in [-0.1, -0.05) is 6.92 Å². The second-order valence-electron chi connectivity index (χ2n) is 3.49. The summed E-state index contributed by atoms with van der Waals surface area (Å²) in [5, 5.41) is 0. The number of ether oxygens (including phenoxy) is 1. The van der Waals surface area contributed by atoms with Gasteiger partial charge in [-0.15, -0.1) is 17.0 Å². The molecule has 4 nitrogen and oxygen atoms in total. The highest BCUT2D eigenvalue weighted by atomic mass is 79.9. The second kappa shape index (κ2) is 6.71. The van der Waals surface area contributed by atoms with Gasteiger partial charge in [-0.3, -0.25) is 4.79 Å². The number of rotatable bonds is 4. The van der Waals surface area contributed by atoms with Crippen LogP contribution < -0.4 is 0 Å². The van der Waals surface area contributed by atoms with E-state index >= 15 is 0 Å². The first-order valence-corrected chi connectivity index (χ1v) is 4.96. The highest BCUT2D eigenvalue weighted by molar-refractivity contribution is 8.93. The average molecular weight is 279 g/mol. The van der Waals surface area contributed by atoms with Crippen LogP contribution in [0, 0.1) is 0 Å². The minimum absolute atomic E-state index is 0. The summed E-state index contributed by atoms with van der Waals surface area (Å²) in [5.74, 6) is -0.154. The van der Waals surface area contributed by atoms with Gasteiger partial charge in [-0.25, -0.2) is 0 Å². The third-order valence-electron chi connectivity index (χ3n) is 2.34. The lowest BCUT2D eigenvalue weighted by Crippen LogP contribution is -2.37. The molecule has 1 atom stereocenters. The number of carbonyl (C=O) groups is 1. The Morgan fingerprint density at radius 3 is 2.60 bits per heavy atom. The van der Waals surface area contributed by atoms with Gasteiger partial charge in [0, 0.05) is 19.4 Å². The minimum atomic E-state index is -0.154. The molecule has 1 aliphatic heterocycles. The molecule has 1 rings (SSSR count). The first-order chi connectivity index (χ1) is 6.65. The lowest BCUT2D eigenvalue weighted by molar-refractivity contribution is -0.145. The van der Waals surface area contributed by atoms with Gasteiger partial charge in [-0.05, 0) is 13.3 Å². The standard InChI is InChI=1S/C10H18N2O2.BrH/c1-4-7-14-10(13)8-12-6-5-11(3)9(12)2;/h5-6,9H,4,7-8H2,1-3H3;1H. The van der Waals surface area contributed by atoms with Crippen LogP contribution in [0.3, 0.4) is 0 Å². The van der Waals surface area contributed by atoms with E-state index < -0.39 is 0 Å². The summed E-state index contributed by atoms with van der Waals surface area (Å²) in [5.41, 5.74) is 0. The van der Waals surface area contributed by atoms with Gasteiger partial charge in [0.15, 0.2) is 0 Å². The Bertz CT molecular complexity index is 233. The maximum atomic E-state index is 11.3. The molecule has 0 aromatic rings. The van der Waals surface area contributed by atoms with Gasteiger partial charge in [0.2, 0.25) is 0 Å². The van der Waals surface area contributed by atoms with Crippen molar-refractivity contribution in [3.63, 3.8) is 0 Å². The van der Waals surface area contributed by atoms with Crippen LogP contribution in [0.25, 0.3) is 0 Å². The first-order valence-electron chi connectivity index (χ1n) is 4.96. The number of esters is 1. The van der Waals surface area contributed by atoms with Crippen molar-refractivity contribution in [3.8, 4) is 0 Å². The van der Waals surface area contributed by atoms with Gasteiger partial charge in [0.25, 0.3) is 0 Å². The van der Waals surface area contributed by atoms with E-state index in [1.165, 1.54) is 0 Å². The molecular weight excluding hydrogens is 260 g/mol. The third kappa shape index (κ3) is 4.11. The van der Waals surface area contributed by atoms with Crippen LogP contribution in [-0.4, -0.2) is 42.1 Å². The van der Waals surface area contributed by atoms with E-state index in [9.17, 15) is 4.79 Å². The molecule has 0 bridgehead atoms. The van der Waals surface area contributed by atoms with Gasteiger partial charge in [0.05, 0.1) is 12.8 Å². The lowest BCUT2D eigenvalue weighted by Gasteiger charge is -2.25. The van der Waals surface area contributed by atoms with E-state index in [-0.39, 0.29) is 29.1 Å². The summed E-state index contributed by atoms with van der Waals surface area (Å²) in [6, 6.07) is 0. The topological polar surface area (TPSA) is 32.8 Å². The van der Waals surface area contributed by atoms with Crippen molar-refractivity contribution < 1.29 is 9.53 Å². The monoisotopic (exact) mass is 278 g/mol.